The topological polar surface area (TPSA) is 61.3 Å². The lowest BCUT2D eigenvalue weighted by molar-refractivity contribution is 0.188. The molecule has 142 valence electrons. The van der Waals surface area contributed by atoms with Crippen LogP contribution in [0.4, 0.5) is 4.39 Å². The lowest BCUT2D eigenvalue weighted by atomic mass is 10.0. The van der Waals surface area contributed by atoms with Gasteiger partial charge in [0.05, 0.1) is 5.52 Å². The first-order valence-corrected chi connectivity index (χ1v) is 9.47. The van der Waals surface area contributed by atoms with E-state index in [4.69, 9.17) is 16.0 Å². The molecule has 2 heterocycles. The van der Waals surface area contributed by atoms with Crippen LogP contribution in [0.15, 0.2) is 45.6 Å². The van der Waals surface area contributed by atoms with Gasteiger partial charge < -0.3 is 9.73 Å². The van der Waals surface area contributed by atoms with E-state index in [-0.39, 0.29) is 5.82 Å². The number of halogens is 2. The summed E-state index contributed by atoms with van der Waals surface area (Å²) < 4.78 is 19.2. The van der Waals surface area contributed by atoms with Crippen molar-refractivity contribution < 1.29 is 8.81 Å². The van der Waals surface area contributed by atoms with Gasteiger partial charge in [0.25, 0.3) is 0 Å². The van der Waals surface area contributed by atoms with Gasteiger partial charge in [-0.2, -0.15) is 0 Å². The average Bonchev–Trinajstić information content (AvgIpc) is 3.05. The Labute approximate surface area is 161 Å². The van der Waals surface area contributed by atoms with Crippen LogP contribution in [-0.2, 0) is 13.1 Å². The first kappa shape index (κ1) is 18.2. The number of piperidine rings is 1. The van der Waals surface area contributed by atoms with Crippen molar-refractivity contribution >= 4 is 22.7 Å². The molecule has 1 aliphatic heterocycles. The molecule has 0 bridgehead atoms. The van der Waals surface area contributed by atoms with Crippen molar-refractivity contribution in [2.45, 2.75) is 32.0 Å². The van der Waals surface area contributed by atoms with Gasteiger partial charge in [0.1, 0.15) is 5.82 Å². The van der Waals surface area contributed by atoms with Gasteiger partial charge in [0.2, 0.25) is 0 Å². The molecule has 0 spiro atoms. The van der Waals surface area contributed by atoms with Crippen LogP contribution in [0.2, 0.25) is 5.02 Å². The molecule has 0 unspecified atom stereocenters. The van der Waals surface area contributed by atoms with E-state index in [0.717, 1.165) is 37.0 Å². The normalized spacial score (nSPS) is 16.2. The lowest BCUT2D eigenvalue weighted by Gasteiger charge is -2.32. The molecule has 0 radical (unpaired) electrons. The largest absolute Gasteiger partial charge is 0.417 e. The van der Waals surface area contributed by atoms with Gasteiger partial charge in [-0.15, -0.1) is 0 Å². The monoisotopic (exact) mass is 389 g/mol. The molecule has 2 N–H and O–H groups in total. The van der Waals surface area contributed by atoms with Crippen LogP contribution < -0.4 is 11.1 Å². The second-order valence-electron chi connectivity index (χ2n) is 6.94. The Morgan fingerprint density at radius 3 is 2.78 bits per heavy atom. The number of nitrogens with one attached hydrogen (secondary N) is 2. The second-order valence-corrected chi connectivity index (χ2v) is 7.35. The van der Waals surface area contributed by atoms with Gasteiger partial charge in [-0.3, -0.25) is 9.88 Å². The zero-order chi connectivity index (χ0) is 18.8. The van der Waals surface area contributed by atoms with Crippen molar-refractivity contribution in [2.24, 2.45) is 0 Å². The molecule has 1 aliphatic rings. The minimum absolute atomic E-state index is 0.246. The molecule has 27 heavy (non-hydrogen) atoms. The molecule has 3 aromatic rings. The Morgan fingerprint density at radius 2 is 2.00 bits per heavy atom. The Morgan fingerprint density at radius 1 is 1.22 bits per heavy atom. The van der Waals surface area contributed by atoms with E-state index in [2.05, 4.69) is 15.2 Å². The zero-order valence-electron chi connectivity index (χ0n) is 14.8. The first-order valence-electron chi connectivity index (χ1n) is 9.09. The van der Waals surface area contributed by atoms with Crippen molar-refractivity contribution in [2.75, 3.05) is 13.1 Å². The van der Waals surface area contributed by atoms with E-state index in [0.29, 0.717) is 35.3 Å². The number of fused-ring (bicyclic) bond motifs is 1. The van der Waals surface area contributed by atoms with Crippen LogP contribution in [-0.4, -0.2) is 29.0 Å². The van der Waals surface area contributed by atoms with Crippen molar-refractivity contribution in [3.05, 3.63) is 68.9 Å². The maximum absolute atomic E-state index is 14.0. The summed E-state index contributed by atoms with van der Waals surface area (Å²) in [4.78, 5) is 16.3. The van der Waals surface area contributed by atoms with E-state index in [1.807, 2.05) is 18.2 Å². The fourth-order valence-corrected chi connectivity index (χ4v) is 3.85. The molecule has 1 fully saturated rings. The summed E-state index contributed by atoms with van der Waals surface area (Å²) in [5, 5.41) is 4.03. The van der Waals surface area contributed by atoms with Crippen molar-refractivity contribution in [1.82, 2.24) is 15.2 Å². The van der Waals surface area contributed by atoms with Crippen LogP contribution in [0.25, 0.3) is 11.1 Å². The molecule has 7 heteroatoms. The number of rotatable bonds is 5. The van der Waals surface area contributed by atoms with E-state index in [9.17, 15) is 9.18 Å². The van der Waals surface area contributed by atoms with Gasteiger partial charge in [-0.25, -0.2) is 9.18 Å². The highest BCUT2D eigenvalue weighted by Gasteiger charge is 2.21. The first-order chi connectivity index (χ1) is 13.1. The highest BCUT2D eigenvalue weighted by molar-refractivity contribution is 6.31. The van der Waals surface area contributed by atoms with Crippen LogP contribution in [0, 0.1) is 5.82 Å². The number of H-pyrrole nitrogens is 1. The summed E-state index contributed by atoms with van der Waals surface area (Å²) in [5.41, 5.74) is 2.86. The highest BCUT2D eigenvalue weighted by atomic mass is 35.5. The summed E-state index contributed by atoms with van der Waals surface area (Å²) in [6.07, 6.45) is 1.94. The fourth-order valence-electron chi connectivity index (χ4n) is 3.63. The van der Waals surface area contributed by atoms with Crippen molar-refractivity contribution in [1.29, 1.82) is 0 Å². The van der Waals surface area contributed by atoms with Crippen LogP contribution in [0.1, 0.15) is 24.0 Å². The highest BCUT2D eigenvalue weighted by Crippen LogP contribution is 2.23. The van der Waals surface area contributed by atoms with Gasteiger partial charge in [-0.05, 0) is 44.1 Å². The average molecular weight is 390 g/mol. The molecular formula is C20H21ClFN3O2. The standard InChI is InChI=1S/C20H21ClFN3O2/c21-16-4-2-5-17(22)15(16)12-25-9-7-14(8-10-25)23-11-13-3-1-6-18-19(13)27-20(26)24-18/h1-6,14,23H,7-12H2,(H,24,26). The molecule has 2 aromatic carbocycles. The summed E-state index contributed by atoms with van der Waals surface area (Å²) >= 11 is 6.13. The number of nitrogens with zero attached hydrogens (tertiary/aromatic N) is 1. The predicted molar refractivity (Wildman–Crippen MR) is 103 cm³/mol. The molecular weight excluding hydrogens is 369 g/mol. The maximum atomic E-state index is 14.0. The van der Waals surface area contributed by atoms with Gasteiger partial charge in [0.15, 0.2) is 5.58 Å². The number of benzene rings is 2. The molecule has 1 saturated heterocycles. The summed E-state index contributed by atoms with van der Waals surface area (Å²) in [7, 11) is 0. The third-order valence-electron chi connectivity index (χ3n) is 5.14. The molecule has 1 aromatic heterocycles. The number of aromatic amines is 1. The van der Waals surface area contributed by atoms with Crippen LogP contribution in [0.5, 0.6) is 0 Å². The predicted octanol–water partition coefficient (Wildman–Crippen LogP) is 3.67. The van der Waals surface area contributed by atoms with E-state index in [1.54, 1.807) is 12.1 Å². The SMILES string of the molecule is O=c1[nH]c2cccc(CNC3CCN(Cc4c(F)cccc4Cl)CC3)c2o1. The minimum Gasteiger partial charge on any atom is -0.408 e. The summed E-state index contributed by atoms with van der Waals surface area (Å²) in [6, 6.07) is 10.9. The number of likely N-dealkylation sites (tertiary alicyclic amines) is 1. The van der Waals surface area contributed by atoms with Crippen LogP contribution in [0.3, 0.4) is 0 Å². The number of hydrogen-bond acceptors (Lipinski definition) is 4. The van der Waals surface area contributed by atoms with Gasteiger partial charge >= 0.3 is 5.76 Å². The maximum Gasteiger partial charge on any atom is 0.417 e. The summed E-state index contributed by atoms with van der Waals surface area (Å²) in [6.45, 7) is 2.94. The third-order valence-corrected chi connectivity index (χ3v) is 5.49. The number of para-hydroxylation sites is 1. The van der Waals surface area contributed by atoms with Gasteiger partial charge in [0, 0.05) is 35.3 Å². The molecule has 0 atom stereocenters. The van der Waals surface area contributed by atoms with Gasteiger partial charge in [-0.1, -0.05) is 29.8 Å². The van der Waals surface area contributed by atoms with E-state index in [1.165, 1.54) is 6.07 Å². The Bertz CT molecular complexity index is 972. The molecule has 4 rings (SSSR count). The van der Waals surface area contributed by atoms with E-state index < -0.39 is 5.76 Å². The Hall–Kier alpha value is -2.15. The quantitative estimate of drug-likeness (QED) is 0.699. The fraction of sp³-hybridized carbons (Fsp3) is 0.350. The molecule has 0 aliphatic carbocycles. The number of hydrogen-bond donors (Lipinski definition) is 2. The second kappa shape index (κ2) is 7.84. The van der Waals surface area contributed by atoms with E-state index >= 15 is 0 Å². The van der Waals surface area contributed by atoms with Crippen LogP contribution >= 0.6 is 11.6 Å². The third kappa shape index (κ3) is 4.08. The number of oxazole rings is 1. The van der Waals surface area contributed by atoms with Crippen molar-refractivity contribution in [3.8, 4) is 0 Å². The molecule has 0 saturated carbocycles. The minimum atomic E-state index is -0.433. The smallest absolute Gasteiger partial charge is 0.408 e. The van der Waals surface area contributed by atoms with Crippen molar-refractivity contribution in [3.63, 3.8) is 0 Å². The molecule has 0 amide bonds. The molecule has 5 nitrogen and oxygen atoms in total. The summed E-state index contributed by atoms with van der Waals surface area (Å²) in [5.74, 6) is -0.679. The number of aromatic nitrogens is 1. The zero-order valence-corrected chi connectivity index (χ0v) is 15.6. The Balaban J connectivity index is 1.32. The Kier molecular flexibility index (Phi) is 5.29. The lowest BCUT2D eigenvalue weighted by Crippen LogP contribution is -2.42.